The third-order valence-electron chi connectivity index (χ3n) is 5.25. The van der Waals surface area contributed by atoms with Gasteiger partial charge in [-0.2, -0.15) is 0 Å². The molecule has 0 saturated carbocycles. The van der Waals surface area contributed by atoms with Gasteiger partial charge in [0.05, 0.1) is 6.04 Å². The van der Waals surface area contributed by atoms with Crippen LogP contribution < -0.4 is 10.2 Å². The topological polar surface area (TPSA) is 112 Å². The van der Waals surface area contributed by atoms with Crippen LogP contribution in [0.3, 0.4) is 0 Å². The molecule has 0 aliphatic carbocycles. The molecule has 2 heterocycles. The number of amides is 2. The summed E-state index contributed by atoms with van der Waals surface area (Å²) in [5, 5.41) is 12.9. The number of pyridine rings is 1. The van der Waals surface area contributed by atoms with Crippen LogP contribution in [0.4, 0.5) is 10.6 Å². The number of hydrogen-bond acceptors (Lipinski definition) is 6. The Morgan fingerprint density at radius 3 is 2.52 bits per heavy atom. The van der Waals surface area contributed by atoms with E-state index in [-0.39, 0.29) is 24.3 Å². The molecule has 172 valence electrons. The van der Waals surface area contributed by atoms with Crippen molar-refractivity contribution in [3.8, 4) is 0 Å². The molecular weight excluding hydrogens is 400 g/mol. The standard InChI is InChI=1S/C22H34N4O5/c1-13(2)17(24-12-14(3)25(7)21(30)31-22(4,5)6)19(27)26-16(20(28)29)11-15-9-8-10-23-18(15)26/h8-10,13-14,16-17,24H,11-12H2,1-7H3,(H,28,29)/t14-,16?,17-/m0/s1. The molecule has 0 bridgehead atoms. The van der Waals surface area contributed by atoms with E-state index < -0.39 is 29.7 Å². The first-order chi connectivity index (χ1) is 14.3. The van der Waals surface area contributed by atoms with E-state index in [9.17, 15) is 19.5 Å². The number of carboxylic acids is 1. The summed E-state index contributed by atoms with van der Waals surface area (Å²) in [6, 6.07) is 1.66. The summed E-state index contributed by atoms with van der Waals surface area (Å²) in [7, 11) is 1.65. The average Bonchev–Trinajstić information content (AvgIpc) is 3.05. The van der Waals surface area contributed by atoms with Crippen molar-refractivity contribution in [3.05, 3.63) is 23.9 Å². The van der Waals surface area contributed by atoms with Crippen molar-refractivity contribution >= 4 is 23.8 Å². The molecule has 31 heavy (non-hydrogen) atoms. The summed E-state index contributed by atoms with van der Waals surface area (Å²) in [5.74, 6) is -1.11. The zero-order chi connectivity index (χ0) is 23.5. The Hall–Kier alpha value is -2.68. The summed E-state index contributed by atoms with van der Waals surface area (Å²) in [5.41, 5.74) is 0.139. The molecule has 1 unspecified atom stereocenters. The maximum absolute atomic E-state index is 13.4. The van der Waals surface area contributed by atoms with Crippen LogP contribution in [0.1, 0.15) is 47.1 Å². The van der Waals surface area contributed by atoms with Crippen molar-refractivity contribution in [2.45, 2.75) is 71.7 Å². The average molecular weight is 435 g/mol. The lowest BCUT2D eigenvalue weighted by Gasteiger charge is -2.32. The van der Waals surface area contributed by atoms with Gasteiger partial charge in [0.2, 0.25) is 5.91 Å². The fourth-order valence-electron chi connectivity index (χ4n) is 3.42. The van der Waals surface area contributed by atoms with Crippen LogP contribution >= 0.6 is 0 Å². The number of carbonyl (C=O) groups excluding carboxylic acids is 2. The monoisotopic (exact) mass is 434 g/mol. The molecule has 1 aromatic heterocycles. The van der Waals surface area contributed by atoms with Crippen molar-refractivity contribution in [1.82, 2.24) is 15.2 Å². The van der Waals surface area contributed by atoms with Gasteiger partial charge in [0.15, 0.2) is 0 Å². The van der Waals surface area contributed by atoms with Gasteiger partial charge in [-0.05, 0) is 45.2 Å². The zero-order valence-corrected chi connectivity index (χ0v) is 19.4. The van der Waals surface area contributed by atoms with Crippen molar-refractivity contribution in [2.24, 2.45) is 5.92 Å². The molecule has 0 saturated heterocycles. The largest absolute Gasteiger partial charge is 0.480 e. The number of aliphatic carboxylic acids is 1. The smallest absolute Gasteiger partial charge is 0.410 e. The van der Waals surface area contributed by atoms with E-state index in [1.165, 1.54) is 9.80 Å². The van der Waals surface area contributed by atoms with Gasteiger partial charge in [0.1, 0.15) is 17.5 Å². The Kier molecular flexibility index (Phi) is 7.64. The Bertz CT molecular complexity index is 820. The van der Waals surface area contributed by atoms with E-state index in [4.69, 9.17) is 4.74 Å². The third kappa shape index (κ3) is 5.94. The molecule has 0 spiro atoms. The highest BCUT2D eigenvalue weighted by atomic mass is 16.6. The van der Waals surface area contributed by atoms with E-state index in [0.29, 0.717) is 12.4 Å². The number of hydrogen-bond donors (Lipinski definition) is 2. The lowest BCUT2D eigenvalue weighted by molar-refractivity contribution is -0.140. The number of carboxylic acid groups (broad SMARTS) is 1. The van der Waals surface area contributed by atoms with Crippen LogP contribution in [-0.4, -0.2) is 70.3 Å². The molecule has 9 nitrogen and oxygen atoms in total. The maximum atomic E-state index is 13.4. The van der Waals surface area contributed by atoms with E-state index >= 15 is 0 Å². The lowest BCUT2D eigenvalue weighted by Crippen LogP contribution is -2.56. The zero-order valence-electron chi connectivity index (χ0n) is 19.4. The van der Waals surface area contributed by atoms with Crippen molar-refractivity contribution in [1.29, 1.82) is 0 Å². The summed E-state index contributed by atoms with van der Waals surface area (Å²) in [6.07, 6.45) is 1.34. The molecule has 2 N–H and O–H groups in total. The molecule has 1 aliphatic heterocycles. The van der Waals surface area contributed by atoms with Crippen molar-refractivity contribution in [2.75, 3.05) is 18.5 Å². The van der Waals surface area contributed by atoms with E-state index in [1.54, 1.807) is 46.1 Å². The highest BCUT2D eigenvalue weighted by molar-refractivity contribution is 6.03. The first-order valence-electron chi connectivity index (χ1n) is 10.5. The lowest BCUT2D eigenvalue weighted by atomic mass is 10.0. The minimum absolute atomic E-state index is 0.103. The molecule has 3 atom stereocenters. The first kappa shape index (κ1) is 24.6. The van der Waals surface area contributed by atoms with Crippen LogP contribution in [0.2, 0.25) is 0 Å². The second-order valence-electron chi connectivity index (χ2n) is 9.32. The number of nitrogens with zero attached hydrogens (tertiary/aromatic N) is 3. The van der Waals surface area contributed by atoms with Gasteiger partial charge in [0.25, 0.3) is 0 Å². The van der Waals surface area contributed by atoms with E-state index in [0.717, 1.165) is 5.56 Å². The van der Waals surface area contributed by atoms with Crippen LogP contribution in [0.25, 0.3) is 0 Å². The Morgan fingerprint density at radius 2 is 1.97 bits per heavy atom. The highest BCUT2D eigenvalue weighted by Gasteiger charge is 2.42. The molecule has 1 aliphatic rings. The van der Waals surface area contributed by atoms with Crippen LogP contribution in [0.5, 0.6) is 0 Å². The molecule has 0 aromatic carbocycles. The second kappa shape index (κ2) is 9.64. The van der Waals surface area contributed by atoms with Gasteiger partial charge in [-0.25, -0.2) is 14.6 Å². The van der Waals surface area contributed by atoms with Gasteiger partial charge < -0.3 is 20.1 Å². The number of likely N-dealkylation sites (N-methyl/N-ethyl adjacent to an activating group) is 1. The Morgan fingerprint density at radius 1 is 1.32 bits per heavy atom. The van der Waals surface area contributed by atoms with Crippen molar-refractivity contribution < 1.29 is 24.2 Å². The van der Waals surface area contributed by atoms with Gasteiger partial charge >= 0.3 is 12.1 Å². The maximum Gasteiger partial charge on any atom is 0.410 e. The number of nitrogens with one attached hydrogen (secondary N) is 1. The SMILES string of the molecule is CC(C)[C@H](NC[C@H](C)N(C)C(=O)OC(C)(C)C)C(=O)N1c2ncccc2CC1C(=O)O. The predicted octanol–water partition coefficient (Wildman–Crippen LogP) is 2.29. The highest BCUT2D eigenvalue weighted by Crippen LogP contribution is 2.31. The second-order valence-corrected chi connectivity index (χ2v) is 9.32. The fourth-order valence-corrected chi connectivity index (χ4v) is 3.42. The number of carbonyl (C=O) groups is 3. The first-order valence-corrected chi connectivity index (χ1v) is 10.5. The molecule has 0 radical (unpaired) electrons. The third-order valence-corrected chi connectivity index (χ3v) is 5.25. The molecule has 2 amide bonds. The number of aromatic nitrogens is 1. The quantitative estimate of drug-likeness (QED) is 0.677. The van der Waals surface area contributed by atoms with E-state index in [2.05, 4.69) is 10.3 Å². The Labute approximate surface area is 183 Å². The summed E-state index contributed by atoms with van der Waals surface area (Å²) in [4.78, 5) is 44.6. The number of anilines is 1. The van der Waals surface area contributed by atoms with Crippen LogP contribution in [0.15, 0.2) is 18.3 Å². The van der Waals surface area contributed by atoms with E-state index in [1.807, 2.05) is 20.8 Å². The predicted molar refractivity (Wildman–Crippen MR) is 117 cm³/mol. The molecular formula is C22H34N4O5. The molecule has 2 rings (SSSR count). The number of ether oxygens (including phenoxy) is 1. The van der Waals surface area contributed by atoms with Gasteiger partial charge in [-0.3, -0.25) is 9.69 Å². The molecule has 9 heteroatoms. The minimum atomic E-state index is -1.06. The number of fused-ring (bicyclic) bond motifs is 1. The summed E-state index contributed by atoms with van der Waals surface area (Å²) in [6.45, 7) is 11.4. The normalized spacial score (nSPS) is 17.8. The number of rotatable bonds is 7. The van der Waals surface area contributed by atoms with Gasteiger partial charge in [-0.1, -0.05) is 19.9 Å². The molecule has 0 fully saturated rings. The summed E-state index contributed by atoms with van der Waals surface area (Å²) < 4.78 is 5.39. The van der Waals surface area contributed by atoms with Crippen LogP contribution in [-0.2, 0) is 20.7 Å². The van der Waals surface area contributed by atoms with Gasteiger partial charge in [-0.15, -0.1) is 0 Å². The van der Waals surface area contributed by atoms with Crippen molar-refractivity contribution in [3.63, 3.8) is 0 Å². The fraction of sp³-hybridized carbons (Fsp3) is 0.636. The Balaban J connectivity index is 2.14. The van der Waals surface area contributed by atoms with Crippen LogP contribution in [0, 0.1) is 5.92 Å². The van der Waals surface area contributed by atoms with Gasteiger partial charge in [0, 0.05) is 32.3 Å². The summed E-state index contributed by atoms with van der Waals surface area (Å²) >= 11 is 0. The minimum Gasteiger partial charge on any atom is -0.480 e. The molecule has 1 aromatic rings.